The van der Waals surface area contributed by atoms with E-state index >= 15 is 4.39 Å². The van der Waals surface area contributed by atoms with Crippen LogP contribution in [-0.4, -0.2) is 57.3 Å². The molecule has 40 heavy (non-hydrogen) atoms. The van der Waals surface area contributed by atoms with Crippen LogP contribution in [0.25, 0.3) is 21.7 Å². The molecule has 0 amide bonds. The molecular formula is C28H27F3N4O3S2. The fourth-order valence-electron chi connectivity index (χ4n) is 4.72. The highest BCUT2D eigenvalue weighted by Crippen LogP contribution is 2.43. The number of halogens is 3. The van der Waals surface area contributed by atoms with Gasteiger partial charge in [-0.2, -0.15) is 0 Å². The third kappa shape index (κ3) is 5.49. The van der Waals surface area contributed by atoms with Crippen LogP contribution in [0.2, 0.25) is 0 Å². The molecule has 7 nitrogen and oxygen atoms in total. The molecule has 1 saturated heterocycles. The summed E-state index contributed by atoms with van der Waals surface area (Å²) in [5.41, 5.74) is 0.874. The van der Waals surface area contributed by atoms with Gasteiger partial charge in [0.15, 0.2) is 5.82 Å². The molecule has 0 spiro atoms. The zero-order valence-corrected chi connectivity index (χ0v) is 23.5. The second-order valence-electron chi connectivity index (χ2n) is 9.53. The maximum atomic E-state index is 16.4. The van der Waals surface area contributed by atoms with E-state index in [9.17, 15) is 17.2 Å². The predicted octanol–water partition coefficient (Wildman–Crippen LogP) is 5.90. The summed E-state index contributed by atoms with van der Waals surface area (Å²) in [7, 11) is -1.45. The van der Waals surface area contributed by atoms with Gasteiger partial charge >= 0.3 is 0 Å². The highest BCUT2D eigenvalue weighted by molar-refractivity contribution is 7.92. The quantitative estimate of drug-likeness (QED) is 0.239. The number of thiazole rings is 1. The van der Waals surface area contributed by atoms with Gasteiger partial charge in [0.05, 0.1) is 21.3 Å². The van der Waals surface area contributed by atoms with Gasteiger partial charge in [-0.1, -0.05) is 6.07 Å². The highest BCUT2D eigenvalue weighted by Gasteiger charge is 2.32. The van der Waals surface area contributed by atoms with E-state index in [0.717, 1.165) is 47.4 Å². The third-order valence-electron chi connectivity index (χ3n) is 6.86. The van der Waals surface area contributed by atoms with Crippen molar-refractivity contribution in [3.63, 3.8) is 0 Å². The summed E-state index contributed by atoms with van der Waals surface area (Å²) in [5, 5.41) is 0.878. The summed E-state index contributed by atoms with van der Waals surface area (Å²) >= 11 is 1.48. The van der Waals surface area contributed by atoms with Gasteiger partial charge in [-0.25, -0.2) is 30.9 Å². The molecule has 4 aromatic rings. The number of pyridine rings is 1. The molecule has 0 saturated carbocycles. The van der Waals surface area contributed by atoms with E-state index in [0.29, 0.717) is 22.1 Å². The first-order valence-corrected chi connectivity index (χ1v) is 14.8. The number of nitrogens with zero attached hydrogens (tertiary/aromatic N) is 4. The minimum absolute atomic E-state index is 0.0794. The fourth-order valence-corrected chi connectivity index (χ4v) is 7.44. The molecule has 1 aliphatic rings. The van der Waals surface area contributed by atoms with Crippen molar-refractivity contribution in [1.82, 2.24) is 14.9 Å². The first-order chi connectivity index (χ1) is 19.2. The van der Waals surface area contributed by atoms with Crippen molar-refractivity contribution in [2.75, 3.05) is 38.3 Å². The lowest BCUT2D eigenvalue weighted by Gasteiger charge is -2.27. The van der Waals surface area contributed by atoms with Crippen LogP contribution < -0.4 is 4.31 Å². The molecule has 0 unspecified atom stereocenters. The Morgan fingerprint density at radius 1 is 1.07 bits per heavy atom. The summed E-state index contributed by atoms with van der Waals surface area (Å²) in [6.45, 7) is 1.22. The van der Waals surface area contributed by atoms with E-state index in [1.807, 2.05) is 12.1 Å². The largest absolute Gasteiger partial charge is 0.363 e. The third-order valence-corrected chi connectivity index (χ3v) is 9.88. The number of aromatic nitrogens is 2. The average molecular weight is 589 g/mol. The summed E-state index contributed by atoms with van der Waals surface area (Å²) in [4.78, 5) is 11.0. The molecule has 0 aliphatic carbocycles. The van der Waals surface area contributed by atoms with E-state index in [-0.39, 0.29) is 17.2 Å². The number of anilines is 1. The molecule has 0 bridgehead atoms. The molecule has 1 aliphatic heterocycles. The molecule has 210 valence electrons. The number of rotatable bonds is 8. The summed E-state index contributed by atoms with van der Waals surface area (Å²) in [6.07, 6.45) is 5.12. The number of hydrogen-bond acceptors (Lipinski definition) is 7. The zero-order valence-electron chi connectivity index (χ0n) is 21.9. The minimum Gasteiger partial charge on any atom is -0.363 e. The van der Waals surface area contributed by atoms with Crippen LogP contribution in [0, 0.1) is 17.5 Å². The molecule has 12 heteroatoms. The fraction of sp³-hybridized carbons (Fsp3) is 0.286. The van der Waals surface area contributed by atoms with Crippen LogP contribution in [0.5, 0.6) is 0 Å². The molecular weight excluding hydrogens is 561 g/mol. The maximum absolute atomic E-state index is 16.4. The monoisotopic (exact) mass is 588 g/mol. The van der Waals surface area contributed by atoms with Gasteiger partial charge in [-0.3, -0.25) is 4.98 Å². The number of likely N-dealkylation sites (tertiary alicyclic amines) is 1. The summed E-state index contributed by atoms with van der Waals surface area (Å²) in [6, 6.07) is 9.98. The van der Waals surface area contributed by atoms with Crippen molar-refractivity contribution >= 4 is 27.0 Å². The lowest BCUT2D eigenvalue weighted by Crippen LogP contribution is -2.34. The van der Waals surface area contributed by atoms with Crippen molar-refractivity contribution in [2.45, 2.75) is 23.7 Å². The van der Waals surface area contributed by atoms with Crippen LogP contribution in [0.1, 0.15) is 23.8 Å². The number of benzene rings is 2. The topological polar surface area (TPSA) is 75.6 Å². The lowest BCUT2D eigenvalue weighted by molar-refractivity contribution is 0.209. The number of ether oxygens (including phenoxy) is 1. The standard InChI is InChI=1S/C28H27F3N4O3S2/c1-34-14-10-19(11-15-34)28-33-26(27(39-28)18-8-12-32-13-9-18)21-4-3-5-23(25(21)31)35(17-38-2)40(36,37)24-16-20(29)6-7-22(24)30/h3-9,12-13,16,19H,10-11,14-15,17H2,1-2H3. The Bertz CT molecular complexity index is 1610. The molecule has 0 atom stereocenters. The Balaban J connectivity index is 1.64. The van der Waals surface area contributed by atoms with Gasteiger partial charge in [0.25, 0.3) is 10.0 Å². The van der Waals surface area contributed by atoms with Crippen LogP contribution in [0.3, 0.4) is 0 Å². The normalized spacial score (nSPS) is 14.9. The molecule has 1 fully saturated rings. The van der Waals surface area contributed by atoms with Gasteiger partial charge in [-0.05, 0) is 81.0 Å². The Labute approximate surface area is 234 Å². The average Bonchev–Trinajstić information content (AvgIpc) is 3.39. The first kappa shape index (κ1) is 28.2. The molecule has 3 heterocycles. The molecule has 5 rings (SSSR count). The number of methoxy groups -OCH3 is 1. The molecule has 2 aromatic carbocycles. The minimum atomic E-state index is -4.75. The lowest BCUT2D eigenvalue weighted by atomic mass is 9.98. The van der Waals surface area contributed by atoms with Crippen molar-refractivity contribution in [3.05, 3.63) is 83.4 Å². The van der Waals surface area contributed by atoms with E-state index in [1.54, 1.807) is 12.4 Å². The Morgan fingerprint density at radius 2 is 1.80 bits per heavy atom. The summed E-state index contributed by atoms with van der Waals surface area (Å²) < 4.78 is 77.4. The predicted molar refractivity (Wildman–Crippen MR) is 148 cm³/mol. The first-order valence-electron chi connectivity index (χ1n) is 12.6. The van der Waals surface area contributed by atoms with Crippen molar-refractivity contribution in [1.29, 1.82) is 0 Å². The van der Waals surface area contributed by atoms with Gasteiger partial charge in [-0.15, -0.1) is 11.3 Å². The smallest absolute Gasteiger partial charge is 0.269 e. The van der Waals surface area contributed by atoms with E-state index in [1.165, 1.54) is 36.6 Å². The number of hydrogen-bond donors (Lipinski definition) is 0. The second-order valence-corrected chi connectivity index (χ2v) is 12.4. The van der Waals surface area contributed by atoms with E-state index < -0.39 is 39.1 Å². The van der Waals surface area contributed by atoms with Crippen LogP contribution >= 0.6 is 11.3 Å². The van der Waals surface area contributed by atoms with Crippen LogP contribution in [-0.2, 0) is 14.8 Å². The molecule has 0 radical (unpaired) electrons. The zero-order chi connectivity index (χ0) is 28.4. The number of sulfonamides is 1. The Kier molecular flexibility index (Phi) is 8.22. The van der Waals surface area contributed by atoms with Crippen molar-refractivity contribution in [3.8, 4) is 21.7 Å². The van der Waals surface area contributed by atoms with Crippen LogP contribution in [0.4, 0.5) is 18.9 Å². The molecule has 2 aromatic heterocycles. The SMILES string of the molecule is COCN(c1cccc(-c2nc(C3CCN(C)CC3)sc2-c2ccncc2)c1F)S(=O)(=O)c1cc(F)ccc1F. The Morgan fingerprint density at radius 3 is 2.50 bits per heavy atom. The maximum Gasteiger partial charge on any atom is 0.269 e. The number of piperidine rings is 1. The van der Waals surface area contributed by atoms with Gasteiger partial charge in [0.1, 0.15) is 23.3 Å². The van der Waals surface area contributed by atoms with Gasteiger partial charge < -0.3 is 9.64 Å². The van der Waals surface area contributed by atoms with Crippen LogP contribution in [0.15, 0.2) is 65.8 Å². The van der Waals surface area contributed by atoms with E-state index in [4.69, 9.17) is 9.72 Å². The second kappa shape index (κ2) is 11.7. The van der Waals surface area contributed by atoms with E-state index in [2.05, 4.69) is 16.9 Å². The van der Waals surface area contributed by atoms with Gasteiger partial charge in [0.2, 0.25) is 0 Å². The van der Waals surface area contributed by atoms with Crippen molar-refractivity contribution < 1.29 is 26.3 Å². The Hall–Kier alpha value is -3.32. The van der Waals surface area contributed by atoms with Gasteiger partial charge in [0, 0.05) is 31.0 Å². The summed E-state index contributed by atoms with van der Waals surface area (Å²) in [5.74, 6) is -2.78. The highest BCUT2D eigenvalue weighted by atomic mass is 32.2. The van der Waals surface area contributed by atoms with Crippen molar-refractivity contribution in [2.24, 2.45) is 0 Å². The molecule has 0 N–H and O–H groups in total.